The normalized spacial score (nSPS) is 9.31. The highest BCUT2D eigenvalue weighted by Gasteiger charge is 2.00. The lowest BCUT2D eigenvalue weighted by molar-refractivity contribution is 0.0450. The van der Waals surface area contributed by atoms with Crippen molar-refractivity contribution in [3.05, 3.63) is 6.57 Å². The average molecular weight is 216 g/mol. The summed E-state index contributed by atoms with van der Waals surface area (Å²) in [6, 6.07) is 0. The fraction of sp³-hybridized carbons (Fsp3) is 0.750. The second kappa shape index (κ2) is 11.5. The van der Waals surface area contributed by atoms with Crippen molar-refractivity contribution >= 4 is 7.82 Å². The van der Waals surface area contributed by atoms with Crippen LogP contribution >= 0.6 is 7.82 Å². The highest BCUT2D eigenvalue weighted by Crippen LogP contribution is 2.25. The maximum atomic E-state index is 8.88. The Kier molecular flexibility index (Phi) is 16.2. The van der Waals surface area contributed by atoms with Gasteiger partial charge in [-0.3, -0.25) is 0 Å². The van der Waals surface area contributed by atoms with Crippen molar-refractivity contribution in [2.75, 3.05) is 13.2 Å². The van der Waals surface area contributed by atoms with Gasteiger partial charge in [-0.1, -0.05) is 0 Å². The summed E-state index contributed by atoms with van der Waals surface area (Å²) in [5.74, 6) is 0. The Morgan fingerprint density at radius 3 is 1.31 bits per heavy atom. The van der Waals surface area contributed by atoms with E-state index >= 15 is 0 Å². The first-order valence-electron chi connectivity index (χ1n) is 2.71. The summed E-state index contributed by atoms with van der Waals surface area (Å²) in [4.78, 5) is 21.6. The molecular formula is C4H11NO7P-. The lowest BCUT2D eigenvalue weighted by Gasteiger charge is -1.96. The molecule has 0 radical (unpaired) electrons. The highest BCUT2D eigenvalue weighted by atomic mass is 31.2. The quantitative estimate of drug-likeness (QED) is 0.218. The minimum Gasteiger partial charge on any atom is -0.512 e. The number of aliphatic hydroxyl groups excluding tert-OH is 3. The van der Waals surface area contributed by atoms with Crippen LogP contribution in [0.4, 0.5) is 0 Å². The number of hydrogen-bond acceptors (Lipinski definition) is 5. The van der Waals surface area contributed by atoms with Crippen LogP contribution in [0.15, 0.2) is 0 Å². The molecule has 0 aliphatic rings. The summed E-state index contributed by atoms with van der Waals surface area (Å²) in [6.07, 6.45) is -0.954. The van der Waals surface area contributed by atoms with E-state index in [-0.39, 0.29) is 13.2 Å². The van der Waals surface area contributed by atoms with E-state index in [0.29, 0.717) is 0 Å². The molecule has 0 saturated carbocycles. The Balaban J connectivity index is -0.000000131. The average Bonchev–Trinajstić information content (AvgIpc) is 2.04. The van der Waals surface area contributed by atoms with Crippen LogP contribution < -0.4 is 0 Å². The Morgan fingerprint density at radius 1 is 1.15 bits per heavy atom. The SMILES string of the molecule is O=P(O)(O)O.OCC(O)CO.[C-]#N. The predicted octanol–water partition coefficient (Wildman–Crippen LogP) is -2.50. The lowest BCUT2D eigenvalue weighted by Crippen LogP contribution is -2.15. The molecule has 8 nitrogen and oxygen atoms in total. The van der Waals surface area contributed by atoms with Gasteiger partial charge in [0.2, 0.25) is 0 Å². The molecule has 0 heterocycles. The van der Waals surface area contributed by atoms with Gasteiger partial charge in [-0.05, 0) is 0 Å². The third-order valence-corrected chi connectivity index (χ3v) is 0.421. The smallest absolute Gasteiger partial charge is 0.466 e. The molecule has 0 spiro atoms. The molecule has 0 bridgehead atoms. The molecule has 0 unspecified atom stereocenters. The van der Waals surface area contributed by atoms with Gasteiger partial charge in [-0.15, -0.1) is 0 Å². The van der Waals surface area contributed by atoms with Gasteiger partial charge in [0.1, 0.15) is 6.10 Å². The van der Waals surface area contributed by atoms with E-state index < -0.39 is 13.9 Å². The Bertz CT molecular complexity index is 142. The Hall–Kier alpha value is -0.520. The predicted molar refractivity (Wildman–Crippen MR) is 39.4 cm³/mol. The van der Waals surface area contributed by atoms with E-state index in [2.05, 4.69) is 0 Å². The van der Waals surface area contributed by atoms with Crippen molar-refractivity contribution in [3.63, 3.8) is 0 Å². The van der Waals surface area contributed by atoms with Gasteiger partial charge >= 0.3 is 7.82 Å². The monoisotopic (exact) mass is 216 g/mol. The first-order chi connectivity index (χ1) is 5.81. The van der Waals surface area contributed by atoms with Crippen LogP contribution in [0, 0.1) is 11.8 Å². The highest BCUT2D eigenvalue weighted by molar-refractivity contribution is 7.45. The molecule has 80 valence electrons. The van der Waals surface area contributed by atoms with Crippen LogP contribution in [-0.2, 0) is 4.57 Å². The third-order valence-electron chi connectivity index (χ3n) is 0.421. The van der Waals surface area contributed by atoms with Gasteiger partial charge in [0, 0.05) is 0 Å². The second-order valence-electron chi connectivity index (χ2n) is 1.53. The summed E-state index contributed by atoms with van der Waals surface area (Å²) < 4.78 is 8.88. The van der Waals surface area contributed by atoms with Gasteiger partial charge in [-0.2, -0.15) is 0 Å². The zero-order valence-corrected chi connectivity index (χ0v) is 7.37. The molecule has 0 fully saturated rings. The van der Waals surface area contributed by atoms with Gasteiger partial charge < -0.3 is 41.8 Å². The molecular weight excluding hydrogens is 205 g/mol. The summed E-state index contributed by atoms with van der Waals surface area (Å²) in [5, 5.41) is 30.3. The number of phosphoric acid groups is 1. The molecule has 0 aromatic rings. The maximum Gasteiger partial charge on any atom is 0.466 e. The molecule has 0 aliphatic carbocycles. The molecule has 0 atom stereocenters. The maximum absolute atomic E-state index is 8.88. The van der Waals surface area contributed by atoms with Crippen molar-refractivity contribution in [3.8, 4) is 0 Å². The zero-order valence-electron chi connectivity index (χ0n) is 6.48. The van der Waals surface area contributed by atoms with Crippen LogP contribution in [0.25, 0.3) is 0 Å². The fourth-order valence-electron chi connectivity index (χ4n) is 0.0577. The summed E-state index contributed by atoms with van der Waals surface area (Å²) in [5.41, 5.74) is 0. The molecule has 0 aliphatic heterocycles. The van der Waals surface area contributed by atoms with Crippen LogP contribution in [0.1, 0.15) is 0 Å². The Labute approximate surface area is 74.6 Å². The summed E-state index contributed by atoms with van der Waals surface area (Å²) >= 11 is 0. The molecule has 9 heteroatoms. The molecule has 6 N–H and O–H groups in total. The first kappa shape index (κ1) is 18.3. The number of aliphatic hydroxyl groups is 3. The minimum atomic E-state index is -4.64. The van der Waals surface area contributed by atoms with Crippen LogP contribution in [0.2, 0.25) is 0 Å². The topological polar surface area (TPSA) is 162 Å². The van der Waals surface area contributed by atoms with E-state index in [9.17, 15) is 0 Å². The minimum absolute atomic E-state index is 0.365. The van der Waals surface area contributed by atoms with Crippen LogP contribution in [-0.4, -0.2) is 49.3 Å². The van der Waals surface area contributed by atoms with Crippen molar-refractivity contribution < 1.29 is 34.6 Å². The molecule has 0 saturated heterocycles. The van der Waals surface area contributed by atoms with Gasteiger partial charge in [0.05, 0.1) is 13.2 Å². The second-order valence-corrected chi connectivity index (χ2v) is 2.56. The standard InChI is InChI=1S/C3H8O3.CN.H3O4P/c4-1-3(6)2-5;1-2;1-5(2,3)4/h3-6H,1-2H2;;(H3,1,2,3,4)/q;-1;. The largest absolute Gasteiger partial charge is 0.512 e. The van der Waals surface area contributed by atoms with Crippen molar-refractivity contribution in [2.24, 2.45) is 0 Å². The molecule has 0 aromatic carbocycles. The van der Waals surface area contributed by atoms with Crippen LogP contribution in [0.3, 0.4) is 0 Å². The van der Waals surface area contributed by atoms with Crippen molar-refractivity contribution in [2.45, 2.75) is 6.10 Å². The molecule has 0 rings (SSSR count). The van der Waals surface area contributed by atoms with Crippen molar-refractivity contribution in [1.82, 2.24) is 0 Å². The summed E-state index contributed by atoms with van der Waals surface area (Å²) in [7, 11) is -4.64. The van der Waals surface area contributed by atoms with Gasteiger partial charge in [0.15, 0.2) is 0 Å². The lowest BCUT2D eigenvalue weighted by atomic mass is 10.4. The van der Waals surface area contributed by atoms with E-state index in [4.69, 9.17) is 46.4 Å². The molecule has 0 amide bonds. The first-order valence-corrected chi connectivity index (χ1v) is 4.28. The van der Waals surface area contributed by atoms with Gasteiger partial charge in [-0.25, -0.2) is 4.57 Å². The fourth-order valence-corrected chi connectivity index (χ4v) is 0.0577. The van der Waals surface area contributed by atoms with Crippen molar-refractivity contribution in [1.29, 1.82) is 5.26 Å². The van der Waals surface area contributed by atoms with E-state index in [1.807, 2.05) is 0 Å². The van der Waals surface area contributed by atoms with Gasteiger partial charge in [0.25, 0.3) is 0 Å². The van der Waals surface area contributed by atoms with E-state index in [1.54, 1.807) is 0 Å². The third kappa shape index (κ3) is 85.2. The molecule has 0 aromatic heterocycles. The molecule has 13 heavy (non-hydrogen) atoms. The number of hydrogen-bond donors (Lipinski definition) is 6. The summed E-state index contributed by atoms with van der Waals surface area (Å²) in [6.45, 7) is 4.02. The number of rotatable bonds is 2. The van der Waals surface area contributed by atoms with E-state index in [1.165, 1.54) is 0 Å². The van der Waals surface area contributed by atoms with Crippen LogP contribution in [0.5, 0.6) is 0 Å². The Morgan fingerprint density at radius 2 is 1.31 bits per heavy atom. The number of nitrogens with zero attached hydrogens (tertiary/aromatic N) is 1. The zero-order chi connectivity index (χ0) is 11.5. The van der Waals surface area contributed by atoms with E-state index in [0.717, 1.165) is 0 Å².